The van der Waals surface area contributed by atoms with Crippen molar-refractivity contribution in [2.75, 3.05) is 18.6 Å². The number of fused-ring (bicyclic) bond motifs is 1. The Bertz CT molecular complexity index is 1530. The van der Waals surface area contributed by atoms with Gasteiger partial charge in [0, 0.05) is 30.1 Å². The fraction of sp³-hybridized carbons (Fsp3) is 0.138. The Morgan fingerprint density at radius 1 is 0.821 bits per heavy atom. The maximum atomic E-state index is 11.2. The third-order valence-corrected chi connectivity index (χ3v) is 5.82. The van der Waals surface area contributed by atoms with Crippen LogP contribution >= 0.6 is 0 Å². The number of pyridine rings is 2. The number of methoxy groups -OCH3 is 1. The zero-order chi connectivity index (χ0) is 28.5. The van der Waals surface area contributed by atoms with Gasteiger partial charge in [-0.2, -0.15) is 0 Å². The molecule has 0 radical (unpaired) electrons. The number of nitrogens with two attached hydrogens (primary N) is 2. The third-order valence-electron chi connectivity index (χ3n) is 5.82. The van der Waals surface area contributed by atoms with Crippen LogP contribution in [0.4, 0.5) is 17.1 Å². The number of anilines is 2. The van der Waals surface area contributed by atoms with E-state index in [0.29, 0.717) is 17.8 Å². The summed E-state index contributed by atoms with van der Waals surface area (Å²) in [7, 11) is 1.64. The summed E-state index contributed by atoms with van der Waals surface area (Å²) < 4.78 is 4.98. The topological polar surface area (TPSA) is 174 Å². The highest BCUT2D eigenvalue weighted by Crippen LogP contribution is 2.32. The normalized spacial score (nSPS) is 11.1. The molecule has 10 nitrogen and oxygen atoms in total. The Morgan fingerprint density at radius 3 is 2.00 bits per heavy atom. The number of hydrogen-bond acceptors (Lipinski definition) is 8. The number of nitrogen functional groups attached to an aromatic ring is 2. The Hall–Kier alpha value is -5.25. The molecule has 0 aliphatic carbocycles. The van der Waals surface area contributed by atoms with Crippen LogP contribution in [0.1, 0.15) is 43.2 Å². The molecule has 6 N–H and O–H groups in total. The first-order valence-corrected chi connectivity index (χ1v) is 11.8. The highest BCUT2D eigenvalue weighted by atomic mass is 16.5. The van der Waals surface area contributed by atoms with Gasteiger partial charge < -0.3 is 26.4 Å². The number of aromatic carboxylic acids is 2. The molecule has 0 saturated heterocycles. The highest BCUT2D eigenvalue weighted by Gasteiger charge is 2.22. The van der Waals surface area contributed by atoms with E-state index in [-0.39, 0.29) is 16.8 Å². The Labute approximate surface area is 225 Å². The van der Waals surface area contributed by atoms with Gasteiger partial charge in [0.05, 0.1) is 46.7 Å². The van der Waals surface area contributed by atoms with Crippen molar-refractivity contribution in [3.63, 3.8) is 0 Å². The lowest BCUT2D eigenvalue weighted by Gasteiger charge is -2.02. The van der Waals surface area contributed by atoms with E-state index in [2.05, 4.69) is 15.0 Å². The Kier molecular flexibility index (Phi) is 9.31. The van der Waals surface area contributed by atoms with Gasteiger partial charge in [-0.25, -0.2) is 9.59 Å². The largest absolute Gasteiger partial charge is 0.495 e. The first kappa shape index (κ1) is 28.3. The predicted molar refractivity (Wildman–Crippen MR) is 150 cm³/mol. The fourth-order valence-electron chi connectivity index (χ4n) is 3.79. The van der Waals surface area contributed by atoms with Gasteiger partial charge in [0.1, 0.15) is 5.75 Å². The molecule has 5 rings (SSSR count). The molecular weight excluding hydrogens is 498 g/mol. The molecular formula is C29H29N5O5. The highest BCUT2D eigenvalue weighted by molar-refractivity contribution is 6.09. The summed E-state index contributed by atoms with van der Waals surface area (Å²) in [6, 6.07) is 17.4. The van der Waals surface area contributed by atoms with Crippen LogP contribution in [0.3, 0.4) is 0 Å². The van der Waals surface area contributed by atoms with Crippen LogP contribution in [0.2, 0.25) is 0 Å². The minimum absolute atomic E-state index is 0.0463. The number of aliphatic imine (C=N–C) groups is 1. The van der Waals surface area contributed by atoms with Crippen molar-refractivity contribution in [1.29, 1.82) is 0 Å². The molecule has 0 spiro atoms. The first-order valence-electron chi connectivity index (χ1n) is 11.8. The van der Waals surface area contributed by atoms with E-state index in [1.807, 2.05) is 44.2 Å². The molecule has 0 fully saturated rings. The van der Waals surface area contributed by atoms with Crippen molar-refractivity contribution in [3.05, 3.63) is 107 Å². The number of carboxylic acid groups (broad SMARTS) is 2. The van der Waals surface area contributed by atoms with Crippen LogP contribution < -0.4 is 16.2 Å². The number of nitrogens with zero attached hydrogens (tertiary/aromatic N) is 3. The van der Waals surface area contributed by atoms with E-state index in [9.17, 15) is 14.7 Å². The van der Waals surface area contributed by atoms with Crippen molar-refractivity contribution < 1.29 is 24.5 Å². The van der Waals surface area contributed by atoms with E-state index in [0.717, 1.165) is 34.0 Å². The number of carboxylic acids is 2. The van der Waals surface area contributed by atoms with Gasteiger partial charge in [-0.05, 0) is 61.9 Å². The smallest absolute Gasteiger partial charge is 0.337 e. The number of aromatic nitrogens is 2. The maximum absolute atomic E-state index is 11.2. The van der Waals surface area contributed by atoms with Gasteiger partial charge in [0.2, 0.25) is 0 Å². The van der Waals surface area contributed by atoms with E-state index in [1.165, 1.54) is 6.07 Å². The Balaban J connectivity index is 0.000000179. The predicted octanol–water partition coefficient (Wildman–Crippen LogP) is 4.71. The molecule has 0 atom stereocenters. The van der Waals surface area contributed by atoms with Gasteiger partial charge in [-0.15, -0.1) is 0 Å². The minimum atomic E-state index is -1.06. The summed E-state index contributed by atoms with van der Waals surface area (Å²) in [6.45, 7) is 3.85. The molecule has 1 aliphatic heterocycles. The van der Waals surface area contributed by atoms with Crippen molar-refractivity contribution in [1.82, 2.24) is 9.97 Å². The molecule has 0 bridgehead atoms. The van der Waals surface area contributed by atoms with Crippen LogP contribution in [0.25, 0.3) is 0 Å². The standard InChI is InChI=1S/C15H12N2O2.C7H8N2O2.C7H9NO/c1-9-11(6-3-7-16-9)13-8-10-4-2-5-12(15(18)19)14(10)17-13;8-5-3-1-2-4(6(5)9)7(10)11;1-6-7(9-2)4-3-5-8-6/h2-7H,8H2,1H3,(H,18,19);1-3H,8-9H2,(H,10,11);3-5H,1-2H3. The van der Waals surface area contributed by atoms with Crippen LogP contribution in [0.5, 0.6) is 5.75 Å². The summed E-state index contributed by atoms with van der Waals surface area (Å²) in [4.78, 5) is 34.4. The number of benzene rings is 2. The van der Waals surface area contributed by atoms with Crippen LogP contribution in [0.15, 0.2) is 78.0 Å². The number of aryl methyl sites for hydroxylation is 2. The molecule has 0 amide bonds. The van der Waals surface area contributed by atoms with Crippen molar-refractivity contribution in [2.45, 2.75) is 20.3 Å². The van der Waals surface area contributed by atoms with Crippen molar-refractivity contribution >= 4 is 34.7 Å². The molecule has 2 aromatic heterocycles. The molecule has 2 aromatic carbocycles. The summed E-state index contributed by atoms with van der Waals surface area (Å²) in [6.07, 6.45) is 4.14. The van der Waals surface area contributed by atoms with Crippen molar-refractivity contribution in [3.8, 4) is 5.75 Å². The van der Waals surface area contributed by atoms with Crippen LogP contribution in [0, 0.1) is 13.8 Å². The van der Waals surface area contributed by atoms with Crippen molar-refractivity contribution in [2.24, 2.45) is 4.99 Å². The van der Waals surface area contributed by atoms with E-state index in [1.54, 1.807) is 43.8 Å². The van der Waals surface area contributed by atoms with Gasteiger partial charge in [-0.1, -0.05) is 18.2 Å². The summed E-state index contributed by atoms with van der Waals surface area (Å²) >= 11 is 0. The second-order valence-corrected chi connectivity index (χ2v) is 8.39. The molecule has 3 heterocycles. The number of hydrogen-bond donors (Lipinski definition) is 4. The number of carbonyl (C=O) groups is 2. The molecule has 1 aliphatic rings. The monoisotopic (exact) mass is 527 g/mol. The molecule has 200 valence electrons. The third kappa shape index (κ3) is 6.95. The maximum Gasteiger partial charge on any atom is 0.337 e. The lowest BCUT2D eigenvalue weighted by atomic mass is 10.0. The molecule has 10 heteroatoms. The zero-order valence-corrected chi connectivity index (χ0v) is 21.8. The number of rotatable bonds is 4. The summed E-state index contributed by atoms with van der Waals surface area (Å²) in [5.74, 6) is -1.16. The second kappa shape index (κ2) is 12.8. The molecule has 0 saturated carbocycles. The van der Waals surface area contributed by atoms with Gasteiger partial charge in [-0.3, -0.25) is 15.0 Å². The fourth-order valence-corrected chi connectivity index (χ4v) is 3.79. The average molecular weight is 528 g/mol. The quantitative estimate of drug-likeness (QED) is 0.274. The van der Waals surface area contributed by atoms with E-state index in [4.69, 9.17) is 21.3 Å². The SMILES string of the molecule is COc1cccnc1C.Cc1ncccc1C1=Nc2c(cccc2C(=O)O)C1.Nc1cccc(C(=O)O)c1N. The zero-order valence-electron chi connectivity index (χ0n) is 21.8. The molecule has 4 aromatic rings. The lowest BCUT2D eigenvalue weighted by molar-refractivity contribution is 0.0687. The van der Waals surface area contributed by atoms with Gasteiger partial charge in [0.15, 0.2) is 0 Å². The first-order chi connectivity index (χ1) is 18.6. The minimum Gasteiger partial charge on any atom is -0.495 e. The van der Waals surface area contributed by atoms with Crippen LogP contribution in [-0.2, 0) is 6.42 Å². The van der Waals surface area contributed by atoms with E-state index < -0.39 is 11.9 Å². The number of para-hydroxylation sites is 2. The second-order valence-electron chi connectivity index (χ2n) is 8.39. The van der Waals surface area contributed by atoms with Crippen LogP contribution in [-0.4, -0.2) is 44.9 Å². The van der Waals surface area contributed by atoms with E-state index >= 15 is 0 Å². The Morgan fingerprint density at radius 2 is 1.44 bits per heavy atom. The van der Waals surface area contributed by atoms with Gasteiger partial charge >= 0.3 is 11.9 Å². The lowest BCUT2D eigenvalue weighted by Crippen LogP contribution is -2.04. The average Bonchev–Trinajstić information content (AvgIpc) is 3.35. The summed E-state index contributed by atoms with van der Waals surface area (Å²) in [5.41, 5.74) is 16.7. The summed E-state index contributed by atoms with van der Waals surface area (Å²) in [5, 5.41) is 17.7. The van der Waals surface area contributed by atoms with Gasteiger partial charge in [0.25, 0.3) is 0 Å². The molecule has 0 unspecified atom stereocenters. The molecule has 39 heavy (non-hydrogen) atoms. The number of ether oxygens (including phenoxy) is 1.